The number of amides is 2. The number of benzene rings is 2. The van der Waals surface area contributed by atoms with E-state index in [9.17, 15) is 9.59 Å². The third-order valence-corrected chi connectivity index (χ3v) is 4.78. The molecule has 0 unspecified atom stereocenters. The van der Waals surface area contributed by atoms with Crippen LogP contribution in [0.5, 0.6) is 0 Å². The summed E-state index contributed by atoms with van der Waals surface area (Å²) in [6.45, 7) is 0. The highest BCUT2D eigenvalue weighted by Crippen LogP contribution is 2.18. The van der Waals surface area contributed by atoms with Crippen LogP contribution >= 0.6 is 27.7 Å². The molecule has 9 heteroatoms. The van der Waals surface area contributed by atoms with Gasteiger partial charge in [-0.25, -0.2) is 0 Å². The van der Waals surface area contributed by atoms with Crippen molar-refractivity contribution in [3.63, 3.8) is 0 Å². The van der Waals surface area contributed by atoms with Crippen LogP contribution < -0.4 is 10.9 Å². The molecular formula is C17H14BrN5O2S. The van der Waals surface area contributed by atoms with Crippen molar-refractivity contribution in [3.8, 4) is 5.69 Å². The first-order chi connectivity index (χ1) is 12.6. The lowest BCUT2D eigenvalue weighted by Crippen LogP contribution is -2.42. The Labute approximate surface area is 162 Å². The zero-order chi connectivity index (χ0) is 18.4. The van der Waals surface area contributed by atoms with Crippen LogP contribution in [0.3, 0.4) is 0 Å². The Morgan fingerprint density at radius 1 is 1.04 bits per heavy atom. The van der Waals surface area contributed by atoms with E-state index < -0.39 is 0 Å². The van der Waals surface area contributed by atoms with Gasteiger partial charge in [-0.1, -0.05) is 45.9 Å². The molecule has 2 N–H and O–H groups in total. The van der Waals surface area contributed by atoms with Gasteiger partial charge in [0.2, 0.25) is 5.91 Å². The van der Waals surface area contributed by atoms with Crippen molar-refractivity contribution in [1.29, 1.82) is 0 Å². The molecule has 3 aromatic rings. The smallest absolute Gasteiger partial charge is 0.269 e. The maximum absolute atomic E-state index is 12.0. The molecule has 0 spiro atoms. The lowest BCUT2D eigenvalue weighted by molar-refractivity contribution is -0.119. The monoisotopic (exact) mass is 431 g/mol. The van der Waals surface area contributed by atoms with E-state index >= 15 is 0 Å². The fourth-order valence-electron chi connectivity index (χ4n) is 2.05. The second-order valence-corrected chi connectivity index (χ2v) is 6.98. The molecule has 0 saturated heterocycles. The zero-order valence-corrected chi connectivity index (χ0v) is 15.8. The van der Waals surface area contributed by atoms with Gasteiger partial charge in [0.1, 0.15) is 6.33 Å². The molecule has 0 saturated carbocycles. The molecule has 0 aliphatic rings. The second kappa shape index (κ2) is 8.63. The number of nitrogens with one attached hydrogen (secondary N) is 2. The van der Waals surface area contributed by atoms with Crippen molar-refractivity contribution in [2.24, 2.45) is 0 Å². The van der Waals surface area contributed by atoms with Crippen molar-refractivity contribution >= 4 is 39.5 Å². The number of halogens is 1. The first-order valence-corrected chi connectivity index (χ1v) is 9.34. The number of hydrogen-bond donors (Lipinski definition) is 2. The topological polar surface area (TPSA) is 88.9 Å². The van der Waals surface area contributed by atoms with Crippen LogP contribution in [-0.4, -0.2) is 32.3 Å². The van der Waals surface area contributed by atoms with Gasteiger partial charge in [-0.3, -0.25) is 25.0 Å². The number of rotatable bonds is 5. The molecule has 2 aromatic carbocycles. The predicted molar refractivity (Wildman–Crippen MR) is 102 cm³/mol. The van der Waals surface area contributed by atoms with Gasteiger partial charge in [0, 0.05) is 15.7 Å². The van der Waals surface area contributed by atoms with Gasteiger partial charge in [0.15, 0.2) is 5.16 Å². The Kier molecular flexibility index (Phi) is 6.03. The Morgan fingerprint density at radius 2 is 1.77 bits per heavy atom. The van der Waals surface area contributed by atoms with E-state index in [2.05, 4.69) is 37.0 Å². The maximum Gasteiger partial charge on any atom is 0.269 e. The molecule has 1 aromatic heterocycles. The molecule has 1 heterocycles. The van der Waals surface area contributed by atoms with E-state index in [1.54, 1.807) is 35.2 Å². The standard InChI is InChI=1S/C17H14BrN5O2S/c18-13-8-6-12(7-9-13)16(25)21-20-15(24)10-26-17-22-19-11-23(17)14-4-2-1-3-5-14/h1-9,11H,10H2,(H,20,24)(H,21,25). The number of para-hydroxylation sites is 1. The lowest BCUT2D eigenvalue weighted by Gasteiger charge is -2.08. The number of carbonyl (C=O) groups is 2. The number of hydrogen-bond acceptors (Lipinski definition) is 5. The van der Waals surface area contributed by atoms with Crippen LogP contribution in [0.1, 0.15) is 10.4 Å². The van der Waals surface area contributed by atoms with Crippen molar-refractivity contribution in [3.05, 3.63) is 71.0 Å². The largest absolute Gasteiger partial charge is 0.277 e. The summed E-state index contributed by atoms with van der Waals surface area (Å²) in [7, 11) is 0. The van der Waals surface area contributed by atoms with E-state index in [4.69, 9.17) is 0 Å². The molecule has 0 atom stereocenters. The van der Waals surface area contributed by atoms with Gasteiger partial charge in [-0.2, -0.15) is 0 Å². The minimum absolute atomic E-state index is 0.0894. The van der Waals surface area contributed by atoms with Crippen molar-refractivity contribution in [1.82, 2.24) is 25.6 Å². The Morgan fingerprint density at radius 3 is 2.50 bits per heavy atom. The summed E-state index contributed by atoms with van der Waals surface area (Å²) in [6, 6.07) is 16.4. The van der Waals surface area contributed by atoms with Crippen molar-refractivity contribution < 1.29 is 9.59 Å². The average molecular weight is 432 g/mol. The number of carbonyl (C=O) groups excluding carboxylic acids is 2. The Hall–Kier alpha value is -2.65. The third kappa shape index (κ3) is 4.70. The van der Waals surface area contributed by atoms with Gasteiger partial charge in [0.25, 0.3) is 5.91 Å². The van der Waals surface area contributed by atoms with Gasteiger partial charge < -0.3 is 0 Å². The molecule has 0 aliphatic carbocycles. The Balaban J connectivity index is 1.51. The van der Waals surface area contributed by atoms with Crippen LogP contribution in [0.2, 0.25) is 0 Å². The normalized spacial score (nSPS) is 10.3. The second-order valence-electron chi connectivity index (χ2n) is 5.12. The van der Waals surface area contributed by atoms with E-state index in [1.807, 2.05) is 30.3 Å². The van der Waals surface area contributed by atoms with Gasteiger partial charge in [0.05, 0.1) is 5.75 Å². The molecule has 0 radical (unpaired) electrons. The van der Waals surface area contributed by atoms with Gasteiger partial charge in [-0.05, 0) is 36.4 Å². The first kappa shape index (κ1) is 18.2. The molecule has 26 heavy (non-hydrogen) atoms. The van der Waals surface area contributed by atoms with Crippen LogP contribution in [0.15, 0.2) is 70.6 Å². The molecule has 7 nitrogen and oxygen atoms in total. The van der Waals surface area contributed by atoms with E-state index in [1.165, 1.54) is 11.8 Å². The van der Waals surface area contributed by atoms with Crippen LogP contribution in [0.4, 0.5) is 0 Å². The quantitative estimate of drug-likeness (QED) is 0.478. The first-order valence-electron chi connectivity index (χ1n) is 7.56. The Bertz CT molecular complexity index is 899. The number of aromatic nitrogens is 3. The maximum atomic E-state index is 12.0. The highest BCUT2D eigenvalue weighted by atomic mass is 79.9. The van der Waals surface area contributed by atoms with Gasteiger partial charge >= 0.3 is 0 Å². The molecule has 0 fully saturated rings. The van der Waals surface area contributed by atoms with Crippen molar-refractivity contribution in [2.45, 2.75) is 5.16 Å². The summed E-state index contributed by atoms with van der Waals surface area (Å²) in [6.07, 6.45) is 1.59. The SMILES string of the molecule is O=C(CSc1nncn1-c1ccccc1)NNC(=O)c1ccc(Br)cc1. The number of hydrazine groups is 1. The zero-order valence-electron chi connectivity index (χ0n) is 13.4. The molecule has 3 rings (SSSR count). The van der Waals surface area contributed by atoms with Crippen LogP contribution in [-0.2, 0) is 4.79 Å². The van der Waals surface area contributed by atoms with Crippen molar-refractivity contribution in [2.75, 3.05) is 5.75 Å². The minimum Gasteiger partial charge on any atom is -0.277 e. The summed E-state index contributed by atoms with van der Waals surface area (Å²) in [5, 5.41) is 8.49. The summed E-state index contributed by atoms with van der Waals surface area (Å²) in [5.41, 5.74) is 6.13. The highest BCUT2D eigenvalue weighted by molar-refractivity contribution is 9.10. The predicted octanol–water partition coefficient (Wildman–Crippen LogP) is 2.58. The molecule has 132 valence electrons. The molecule has 2 amide bonds. The molecule has 0 aliphatic heterocycles. The number of nitrogens with zero attached hydrogens (tertiary/aromatic N) is 3. The van der Waals surface area contributed by atoms with E-state index in [0.29, 0.717) is 10.7 Å². The van der Waals surface area contributed by atoms with Crippen LogP contribution in [0.25, 0.3) is 5.69 Å². The summed E-state index contributed by atoms with van der Waals surface area (Å²) >= 11 is 4.53. The fourth-order valence-corrected chi connectivity index (χ4v) is 3.05. The van der Waals surface area contributed by atoms with Crippen LogP contribution in [0, 0.1) is 0 Å². The van der Waals surface area contributed by atoms with E-state index in [0.717, 1.165) is 10.2 Å². The molecular weight excluding hydrogens is 418 g/mol. The van der Waals surface area contributed by atoms with E-state index in [-0.39, 0.29) is 17.6 Å². The highest BCUT2D eigenvalue weighted by Gasteiger charge is 2.11. The summed E-state index contributed by atoms with van der Waals surface area (Å²) < 4.78 is 2.66. The lowest BCUT2D eigenvalue weighted by atomic mass is 10.2. The number of thioether (sulfide) groups is 1. The summed E-state index contributed by atoms with van der Waals surface area (Å²) in [4.78, 5) is 23.9. The fraction of sp³-hybridized carbons (Fsp3) is 0.0588. The van der Waals surface area contributed by atoms with Gasteiger partial charge in [-0.15, -0.1) is 10.2 Å². The molecule has 0 bridgehead atoms. The average Bonchev–Trinajstić information content (AvgIpc) is 3.14. The minimum atomic E-state index is -0.386. The third-order valence-electron chi connectivity index (χ3n) is 3.31. The summed E-state index contributed by atoms with van der Waals surface area (Å²) in [5.74, 6) is -0.641.